The largest absolute Gasteiger partial charge is 0.0651 e. The van der Waals surface area contributed by atoms with E-state index in [0.29, 0.717) is 0 Å². The van der Waals surface area contributed by atoms with E-state index in [1.165, 1.54) is 25.5 Å². The molecule has 0 heterocycles. The van der Waals surface area contributed by atoms with E-state index in [9.17, 15) is 0 Å². The maximum Gasteiger partial charge on any atom is 0.0172 e. The Morgan fingerprint density at radius 3 is 2.18 bits per heavy atom. The number of halogens is 2. The fraction of sp³-hybridized carbons (Fsp3) is 0.333. The third-order valence-electron chi connectivity index (χ3n) is 1.56. The van der Waals surface area contributed by atoms with Crippen molar-refractivity contribution in [1.29, 1.82) is 0 Å². The lowest BCUT2D eigenvalue weighted by Crippen LogP contribution is -1.91. The van der Waals surface area contributed by atoms with Gasteiger partial charge in [-0.05, 0) is 69.3 Å². The minimum atomic E-state index is 1.21. The van der Waals surface area contributed by atoms with Crippen molar-refractivity contribution < 1.29 is 0 Å². The van der Waals surface area contributed by atoms with Gasteiger partial charge in [0.2, 0.25) is 0 Å². The lowest BCUT2D eigenvalue weighted by Gasteiger charge is -2.04. The Balaban J connectivity index is 3.00. The maximum atomic E-state index is 2.40. The molecule has 0 saturated carbocycles. The fourth-order valence-electron chi connectivity index (χ4n) is 1.02. The van der Waals surface area contributed by atoms with Crippen LogP contribution in [0.4, 0.5) is 0 Å². The van der Waals surface area contributed by atoms with Crippen molar-refractivity contribution in [2.75, 3.05) is 0 Å². The fourth-order valence-corrected chi connectivity index (χ4v) is 3.07. The molecule has 0 aliphatic heterocycles. The molecular formula is C9H10I2. The summed E-state index contributed by atoms with van der Waals surface area (Å²) in [7, 11) is 0. The van der Waals surface area contributed by atoms with E-state index in [2.05, 4.69) is 70.3 Å². The summed E-state index contributed by atoms with van der Waals surface area (Å²) < 4.78 is 2.80. The predicted octanol–water partition coefficient (Wildman–Crippen LogP) is 3.85. The Kier molecular flexibility index (Phi) is 4.12. The van der Waals surface area contributed by atoms with E-state index in [-0.39, 0.29) is 0 Å². The van der Waals surface area contributed by atoms with Crippen molar-refractivity contribution in [3.8, 4) is 0 Å². The van der Waals surface area contributed by atoms with Gasteiger partial charge in [-0.1, -0.05) is 19.4 Å². The standard InChI is InChI=1S/C9H10I2/c1-2-4-7-8(10)5-3-6-9(7)11/h3,5-6H,2,4H2,1H3. The highest BCUT2D eigenvalue weighted by Crippen LogP contribution is 2.19. The van der Waals surface area contributed by atoms with Crippen molar-refractivity contribution in [1.82, 2.24) is 0 Å². The van der Waals surface area contributed by atoms with Crippen molar-refractivity contribution in [3.63, 3.8) is 0 Å². The predicted molar refractivity (Wildman–Crippen MR) is 65.9 cm³/mol. The SMILES string of the molecule is CCCc1c(I)cccc1I. The smallest absolute Gasteiger partial charge is 0.0172 e. The first kappa shape index (κ1) is 9.77. The molecule has 0 aliphatic carbocycles. The van der Waals surface area contributed by atoms with Gasteiger partial charge in [-0.2, -0.15) is 0 Å². The van der Waals surface area contributed by atoms with Crippen LogP contribution in [0.3, 0.4) is 0 Å². The van der Waals surface area contributed by atoms with E-state index >= 15 is 0 Å². The minimum absolute atomic E-state index is 1.21. The second-order valence-corrected chi connectivity index (χ2v) is 4.77. The molecular weight excluding hydrogens is 362 g/mol. The number of hydrogen-bond acceptors (Lipinski definition) is 0. The summed E-state index contributed by atoms with van der Waals surface area (Å²) in [6.45, 7) is 2.22. The molecule has 0 fully saturated rings. The molecule has 1 aromatic carbocycles. The van der Waals surface area contributed by atoms with E-state index < -0.39 is 0 Å². The number of benzene rings is 1. The van der Waals surface area contributed by atoms with Crippen LogP contribution >= 0.6 is 45.2 Å². The van der Waals surface area contributed by atoms with Crippen LogP contribution in [0.1, 0.15) is 18.9 Å². The van der Waals surface area contributed by atoms with Gasteiger partial charge < -0.3 is 0 Å². The molecule has 0 aromatic heterocycles. The average Bonchev–Trinajstić information content (AvgIpc) is 1.97. The zero-order valence-corrected chi connectivity index (χ0v) is 10.7. The van der Waals surface area contributed by atoms with Crippen LogP contribution in [0.2, 0.25) is 0 Å². The normalized spacial score (nSPS) is 10.1. The van der Waals surface area contributed by atoms with Crippen LogP contribution in [0.15, 0.2) is 18.2 Å². The van der Waals surface area contributed by atoms with Crippen molar-refractivity contribution >= 4 is 45.2 Å². The first-order chi connectivity index (χ1) is 5.25. The Morgan fingerprint density at radius 1 is 1.18 bits per heavy atom. The molecule has 1 aromatic rings. The second-order valence-electron chi connectivity index (χ2n) is 2.45. The lowest BCUT2D eigenvalue weighted by molar-refractivity contribution is 0.911. The van der Waals surface area contributed by atoms with Crippen LogP contribution in [-0.2, 0) is 6.42 Å². The van der Waals surface area contributed by atoms with Crippen molar-refractivity contribution in [2.45, 2.75) is 19.8 Å². The average molecular weight is 372 g/mol. The molecule has 0 N–H and O–H groups in total. The summed E-state index contributed by atoms with van der Waals surface area (Å²) in [6.07, 6.45) is 2.44. The van der Waals surface area contributed by atoms with Gasteiger partial charge in [-0.25, -0.2) is 0 Å². The highest BCUT2D eigenvalue weighted by molar-refractivity contribution is 14.1. The highest BCUT2D eigenvalue weighted by atomic mass is 127. The first-order valence-corrected chi connectivity index (χ1v) is 5.84. The zero-order valence-electron chi connectivity index (χ0n) is 6.40. The molecule has 0 bridgehead atoms. The molecule has 2 heteroatoms. The van der Waals surface area contributed by atoms with E-state index in [1.807, 2.05) is 0 Å². The van der Waals surface area contributed by atoms with Gasteiger partial charge in [-0.3, -0.25) is 0 Å². The molecule has 60 valence electrons. The van der Waals surface area contributed by atoms with Crippen molar-refractivity contribution in [2.24, 2.45) is 0 Å². The number of rotatable bonds is 2. The summed E-state index contributed by atoms with van der Waals surface area (Å²) in [5.41, 5.74) is 1.51. The Hall–Kier alpha value is 0.680. The molecule has 0 radical (unpaired) electrons. The van der Waals surface area contributed by atoms with E-state index in [0.717, 1.165) is 0 Å². The van der Waals surface area contributed by atoms with Gasteiger partial charge >= 0.3 is 0 Å². The topological polar surface area (TPSA) is 0 Å². The van der Waals surface area contributed by atoms with Crippen LogP contribution in [0.25, 0.3) is 0 Å². The third kappa shape index (κ3) is 2.57. The van der Waals surface area contributed by atoms with Crippen LogP contribution < -0.4 is 0 Å². The number of hydrogen-bond donors (Lipinski definition) is 0. The van der Waals surface area contributed by atoms with Crippen LogP contribution in [-0.4, -0.2) is 0 Å². The summed E-state index contributed by atoms with van der Waals surface area (Å²) in [4.78, 5) is 0. The van der Waals surface area contributed by atoms with Gasteiger partial charge in [0.1, 0.15) is 0 Å². The highest BCUT2D eigenvalue weighted by Gasteiger charge is 2.01. The summed E-state index contributed by atoms with van der Waals surface area (Å²) in [5, 5.41) is 0. The molecule has 1 rings (SSSR count). The summed E-state index contributed by atoms with van der Waals surface area (Å²) in [5.74, 6) is 0. The van der Waals surface area contributed by atoms with Gasteiger partial charge in [-0.15, -0.1) is 0 Å². The van der Waals surface area contributed by atoms with E-state index in [4.69, 9.17) is 0 Å². The Morgan fingerprint density at radius 2 is 1.73 bits per heavy atom. The van der Waals surface area contributed by atoms with Crippen LogP contribution in [0, 0.1) is 7.14 Å². The van der Waals surface area contributed by atoms with Gasteiger partial charge in [0, 0.05) is 7.14 Å². The second kappa shape index (κ2) is 4.64. The molecule has 11 heavy (non-hydrogen) atoms. The first-order valence-electron chi connectivity index (χ1n) is 3.68. The van der Waals surface area contributed by atoms with Gasteiger partial charge in [0.05, 0.1) is 0 Å². The summed E-state index contributed by atoms with van der Waals surface area (Å²) >= 11 is 4.81. The van der Waals surface area contributed by atoms with Crippen LogP contribution in [0.5, 0.6) is 0 Å². The Bertz CT molecular complexity index is 223. The molecule has 0 aliphatic rings. The zero-order chi connectivity index (χ0) is 8.27. The molecule has 0 atom stereocenters. The van der Waals surface area contributed by atoms with Gasteiger partial charge in [0.25, 0.3) is 0 Å². The van der Waals surface area contributed by atoms with Gasteiger partial charge in [0.15, 0.2) is 0 Å². The molecule has 0 spiro atoms. The lowest BCUT2D eigenvalue weighted by atomic mass is 10.1. The van der Waals surface area contributed by atoms with Crippen molar-refractivity contribution in [3.05, 3.63) is 30.9 Å². The monoisotopic (exact) mass is 372 g/mol. The summed E-state index contributed by atoms with van der Waals surface area (Å²) in [6, 6.07) is 6.46. The molecule has 0 saturated heterocycles. The van der Waals surface area contributed by atoms with E-state index in [1.54, 1.807) is 0 Å². The molecule has 0 amide bonds. The molecule has 0 unspecified atom stereocenters. The Labute approximate surface area is 95.0 Å². The minimum Gasteiger partial charge on any atom is -0.0651 e. The molecule has 0 nitrogen and oxygen atoms in total. The third-order valence-corrected chi connectivity index (χ3v) is 3.58. The maximum absolute atomic E-state index is 2.40. The quantitative estimate of drug-likeness (QED) is 0.693.